The predicted molar refractivity (Wildman–Crippen MR) is 93.1 cm³/mol. The quantitative estimate of drug-likeness (QED) is 0.655. The molecule has 2 N–H and O–H groups in total. The lowest BCUT2D eigenvalue weighted by atomic mass is 9.77. The van der Waals surface area contributed by atoms with Crippen molar-refractivity contribution in [3.05, 3.63) is 0 Å². The molecule has 2 atom stereocenters. The third-order valence-corrected chi connectivity index (χ3v) is 8.54. The largest absolute Gasteiger partial charge is 0.391 e. The molecule has 0 aromatic rings. The fourth-order valence-corrected chi connectivity index (χ4v) is 6.95. The maximum atomic E-state index is 11.2. The Kier molecular flexibility index (Phi) is 6.93. The fraction of sp³-hybridized carbons (Fsp3) is 1.00. The molecular weight excluding hydrogens is 320 g/mol. The van der Waals surface area contributed by atoms with Gasteiger partial charge in [-0.25, -0.2) is 0 Å². The summed E-state index contributed by atoms with van der Waals surface area (Å²) in [6.45, 7) is 5.12. The summed E-state index contributed by atoms with van der Waals surface area (Å²) in [5.74, 6) is 0.297. The Balaban J connectivity index is 2.08. The highest BCUT2D eigenvalue weighted by molar-refractivity contribution is 8.77. The van der Waals surface area contributed by atoms with Crippen LogP contribution >= 0.6 is 21.6 Å². The number of aliphatic hydroxyl groups is 2. The molecule has 0 saturated carbocycles. The number of unbranched alkanes of at least 4 members (excludes halogenated alkanes) is 1. The summed E-state index contributed by atoms with van der Waals surface area (Å²) >= 11 is 0. The van der Waals surface area contributed by atoms with E-state index in [1.165, 1.54) is 0 Å². The second kappa shape index (κ2) is 8.08. The first kappa shape index (κ1) is 18.9. The van der Waals surface area contributed by atoms with Crippen molar-refractivity contribution in [1.29, 1.82) is 0 Å². The van der Waals surface area contributed by atoms with Crippen molar-refractivity contribution in [3.63, 3.8) is 0 Å². The molecule has 0 aromatic carbocycles. The van der Waals surface area contributed by atoms with E-state index in [0.717, 1.165) is 44.3 Å². The van der Waals surface area contributed by atoms with E-state index in [4.69, 9.17) is 9.47 Å². The Bertz CT molecular complexity index is 337. The molecule has 0 spiro atoms. The lowest BCUT2D eigenvalue weighted by Crippen LogP contribution is -2.51. The molecule has 2 aliphatic heterocycles. The molecule has 2 heterocycles. The summed E-state index contributed by atoms with van der Waals surface area (Å²) in [5, 5.41) is 20.8. The molecule has 2 saturated heterocycles. The maximum absolute atomic E-state index is 11.2. The highest BCUT2D eigenvalue weighted by Gasteiger charge is 2.50. The summed E-state index contributed by atoms with van der Waals surface area (Å²) in [7, 11) is 3.70. The van der Waals surface area contributed by atoms with Crippen molar-refractivity contribution in [2.75, 3.05) is 25.6 Å². The van der Waals surface area contributed by atoms with Crippen molar-refractivity contribution in [2.24, 2.45) is 0 Å². The maximum Gasteiger partial charge on any atom is 0.191 e. The molecule has 0 aliphatic carbocycles. The molecule has 22 heavy (non-hydrogen) atoms. The van der Waals surface area contributed by atoms with Gasteiger partial charge in [-0.15, -0.1) is 0 Å². The molecule has 0 aromatic heterocycles. The van der Waals surface area contributed by atoms with E-state index in [0.29, 0.717) is 19.6 Å². The summed E-state index contributed by atoms with van der Waals surface area (Å²) in [6, 6.07) is 0. The molecule has 6 heteroatoms. The van der Waals surface area contributed by atoms with Crippen LogP contribution in [-0.2, 0) is 9.47 Å². The van der Waals surface area contributed by atoms with Crippen molar-refractivity contribution in [3.8, 4) is 0 Å². The van der Waals surface area contributed by atoms with Gasteiger partial charge >= 0.3 is 0 Å². The van der Waals surface area contributed by atoms with Crippen molar-refractivity contribution < 1.29 is 19.7 Å². The number of hydrogen-bond acceptors (Lipinski definition) is 6. The zero-order valence-electron chi connectivity index (χ0n) is 13.8. The molecule has 0 radical (unpaired) electrons. The van der Waals surface area contributed by atoms with Crippen molar-refractivity contribution in [2.45, 2.75) is 74.9 Å². The highest BCUT2D eigenvalue weighted by atomic mass is 33.1. The normalized spacial score (nSPS) is 31.1. The zero-order chi connectivity index (χ0) is 16.1. The number of rotatable bonds is 8. The van der Waals surface area contributed by atoms with Crippen LogP contribution < -0.4 is 0 Å². The molecule has 2 fully saturated rings. The van der Waals surface area contributed by atoms with E-state index in [1.807, 2.05) is 28.5 Å². The van der Waals surface area contributed by atoms with Crippen LogP contribution in [0.2, 0.25) is 0 Å². The summed E-state index contributed by atoms with van der Waals surface area (Å²) in [6.07, 6.45) is 6.55. The van der Waals surface area contributed by atoms with Gasteiger partial charge in [-0.1, -0.05) is 41.4 Å². The Morgan fingerprint density at radius 1 is 1.23 bits per heavy atom. The van der Waals surface area contributed by atoms with E-state index in [-0.39, 0.29) is 11.4 Å². The monoisotopic (exact) mass is 350 g/mol. The first-order chi connectivity index (χ1) is 10.5. The smallest absolute Gasteiger partial charge is 0.191 e. The van der Waals surface area contributed by atoms with E-state index >= 15 is 0 Å². The Labute approximate surface area is 142 Å². The van der Waals surface area contributed by atoms with Gasteiger partial charge in [0, 0.05) is 12.2 Å². The predicted octanol–water partition coefficient (Wildman–Crippen LogP) is 3.36. The molecule has 4 nitrogen and oxygen atoms in total. The van der Waals surface area contributed by atoms with E-state index in [9.17, 15) is 10.2 Å². The Morgan fingerprint density at radius 3 is 2.50 bits per heavy atom. The van der Waals surface area contributed by atoms with Crippen LogP contribution in [0.4, 0.5) is 0 Å². The Hall–Kier alpha value is 0.540. The van der Waals surface area contributed by atoms with Gasteiger partial charge in [-0.3, -0.25) is 0 Å². The average Bonchev–Trinajstić information content (AvgIpc) is 3.01. The minimum Gasteiger partial charge on any atom is -0.391 e. The lowest BCUT2D eigenvalue weighted by Gasteiger charge is -2.48. The average molecular weight is 351 g/mol. The van der Waals surface area contributed by atoms with Crippen LogP contribution in [0.1, 0.15) is 58.8 Å². The second-order valence-electron chi connectivity index (χ2n) is 6.65. The van der Waals surface area contributed by atoms with Gasteiger partial charge in [-0.05, 0) is 32.6 Å². The number of aliphatic hydroxyl groups excluding tert-OH is 1. The van der Waals surface area contributed by atoms with Gasteiger partial charge in [0.25, 0.3) is 0 Å². The molecule has 0 bridgehead atoms. The highest BCUT2D eigenvalue weighted by Crippen LogP contribution is 2.55. The van der Waals surface area contributed by atoms with Gasteiger partial charge in [0.2, 0.25) is 0 Å². The third kappa shape index (κ3) is 4.14. The van der Waals surface area contributed by atoms with Gasteiger partial charge in [0.05, 0.1) is 30.2 Å². The van der Waals surface area contributed by atoms with E-state index in [1.54, 1.807) is 0 Å². The van der Waals surface area contributed by atoms with Crippen LogP contribution in [-0.4, -0.2) is 51.9 Å². The SMILES string of the molecule is CCCCC(C)(O)C1(CCC2(CO)OCCO2)CCCSS1. The van der Waals surface area contributed by atoms with Crippen LogP contribution in [0.3, 0.4) is 0 Å². The van der Waals surface area contributed by atoms with E-state index in [2.05, 4.69) is 6.92 Å². The summed E-state index contributed by atoms with van der Waals surface area (Å²) in [4.78, 5) is 0. The molecule has 2 rings (SSSR count). The molecule has 2 aliphatic rings. The molecule has 130 valence electrons. The summed E-state index contributed by atoms with van der Waals surface area (Å²) < 4.78 is 11.1. The molecule has 2 unspecified atom stereocenters. The topological polar surface area (TPSA) is 58.9 Å². The number of ether oxygens (including phenoxy) is 2. The second-order valence-corrected chi connectivity index (χ2v) is 9.45. The van der Waals surface area contributed by atoms with Gasteiger partial charge in [-0.2, -0.15) is 0 Å². The fourth-order valence-electron chi connectivity index (χ4n) is 3.36. The first-order valence-corrected chi connectivity index (χ1v) is 10.7. The first-order valence-electron chi connectivity index (χ1n) is 8.41. The van der Waals surface area contributed by atoms with Gasteiger partial charge < -0.3 is 19.7 Å². The lowest BCUT2D eigenvalue weighted by molar-refractivity contribution is -0.190. The van der Waals surface area contributed by atoms with Gasteiger partial charge in [0.15, 0.2) is 5.79 Å². The minimum atomic E-state index is -0.851. The third-order valence-electron chi connectivity index (χ3n) is 4.99. The Morgan fingerprint density at radius 2 is 1.95 bits per heavy atom. The standard InChI is InChI=1S/C16H30O4S2/c1-3-4-6-14(2,18)15(7-5-12-21-22-15)8-9-16(13-17)19-10-11-20-16/h17-18H,3-13H2,1-2H3. The number of hydrogen-bond donors (Lipinski definition) is 2. The molecular formula is C16H30O4S2. The minimum absolute atomic E-state index is 0.113. The van der Waals surface area contributed by atoms with Crippen molar-refractivity contribution >= 4 is 21.6 Å². The van der Waals surface area contributed by atoms with Crippen LogP contribution in [0, 0.1) is 0 Å². The van der Waals surface area contributed by atoms with Crippen LogP contribution in [0.25, 0.3) is 0 Å². The van der Waals surface area contributed by atoms with E-state index < -0.39 is 11.4 Å². The van der Waals surface area contributed by atoms with Crippen molar-refractivity contribution in [1.82, 2.24) is 0 Å². The zero-order valence-corrected chi connectivity index (χ0v) is 15.4. The van der Waals surface area contributed by atoms with Crippen LogP contribution in [0.5, 0.6) is 0 Å². The van der Waals surface area contributed by atoms with Crippen LogP contribution in [0.15, 0.2) is 0 Å². The summed E-state index contributed by atoms with van der Waals surface area (Å²) in [5.41, 5.74) is -0.698. The van der Waals surface area contributed by atoms with Gasteiger partial charge in [0.1, 0.15) is 0 Å². The molecule has 0 amide bonds.